The number of hydrogen-bond donors (Lipinski definition) is 6. The van der Waals surface area contributed by atoms with E-state index in [9.17, 15) is 22.8 Å². The van der Waals surface area contributed by atoms with Gasteiger partial charge in [-0.1, -0.05) is 93.6 Å². The van der Waals surface area contributed by atoms with Crippen molar-refractivity contribution in [2.75, 3.05) is 31.2 Å². The molecular weight excluding hydrogens is 620 g/mol. The van der Waals surface area contributed by atoms with Crippen LogP contribution in [0.15, 0.2) is 12.0 Å². The number of ether oxygens (including phenoxy) is 1. The second-order valence-corrected chi connectivity index (χ2v) is 12.2. The molecule has 0 saturated carbocycles. The monoisotopic (exact) mass is 660 g/mol. The van der Waals surface area contributed by atoms with Crippen LogP contribution in [0.5, 0.6) is 0 Å². The average molecular weight is 662 g/mol. The fourth-order valence-corrected chi connectivity index (χ4v) is 4.13. The standard InChI is InChI=1S/C22H42Cl3F3N8O3S/c1-3-5-6-7-8-9-10-11-14-31-35(30)21(39-15-13-29,12-16-40-4-2)19(37)33-36(32-18(28)17(26)27)34-20(38)22(23,24)25/h31-32H,3-16,29-30H2,1-2H3,(H,33,37)(H,34,38)/t21-/m1/s1. The molecule has 0 spiro atoms. The van der Waals surface area contributed by atoms with E-state index in [-0.39, 0.29) is 24.8 Å². The molecule has 0 aromatic heterocycles. The fourth-order valence-electron chi connectivity index (χ4n) is 3.30. The van der Waals surface area contributed by atoms with Crippen LogP contribution in [-0.2, 0) is 14.3 Å². The Labute approximate surface area is 253 Å². The molecule has 0 bridgehead atoms. The number of carbonyl (C=O) groups excluding carboxylic acids is 2. The minimum atomic E-state index is -2.78. The van der Waals surface area contributed by atoms with Crippen LogP contribution < -0.4 is 33.3 Å². The third-order valence-electron chi connectivity index (χ3n) is 5.36. The van der Waals surface area contributed by atoms with E-state index >= 15 is 0 Å². The summed E-state index contributed by atoms with van der Waals surface area (Å²) in [6.07, 6.45) is 5.85. The van der Waals surface area contributed by atoms with E-state index in [1.807, 2.05) is 12.3 Å². The SMILES string of the molecule is CCCCCCCCCCNN(N)[C@](CCSCC)(OCCN)C(=O)NN(NC(=O)C(Cl)(Cl)Cl)NC(F)=C(F)F. The Morgan fingerprint density at radius 1 is 0.925 bits per heavy atom. The molecular formula is C22H42Cl3F3N8O3S. The normalized spacial score (nSPS) is 13.3. The molecule has 11 nitrogen and oxygen atoms in total. The van der Waals surface area contributed by atoms with Gasteiger partial charge in [-0.2, -0.15) is 24.9 Å². The minimum Gasteiger partial charge on any atom is -0.348 e. The fraction of sp³-hybridized carbons (Fsp3) is 0.818. The van der Waals surface area contributed by atoms with Gasteiger partial charge in [-0.15, -0.1) is 5.12 Å². The number of amides is 2. The van der Waals surface area contributed by atoms with Gasteiger partial charge in [-0.05, 0) is 23.2 Å². The van der Waals surface area contributed by atoms with Crippen molar-refractivity contribution >= 4 is 58.4 Å². The van der Waals surface area contributed by atoms with Gasteiger partial charge in [-0.25, -0.2) is 16.3 Å². The van der Waals surface area contributed by atoms with Crippen LogP contribution in [-0.4, -0.2) is 62.9 Å². The van der Waals surface area contributed by atoms with Crippen molar-refractivity contribution in [2.24, 2.45) is 11.6 Å². The highest BCUT2D eigenvalue weighted by atomic mass is 35.6. The Kier molecular flexibility index (Phi) is 21.5. The molecule has 0 aliphatic carbocycles. The Morgan fingerprint density at radius 3 is 2.02 bits per heavy atom. The van der Waals surface area contributed by atoms with Gasteiger partial charge in [0.1, 0.15) is 0 Å². The predicted molar refractivity (Wildman–Crippen MR) is 154 cm³/mol. The molecule has 0 heterocycles. The zero-order valence-electron chi connectivity index (χ0n) is 22.8. The van der Waals surface area contributed by atoms with Gasteiger partial charge in [-0.3, -0.25) is 20.9 Å². The smallest absolute Gasteiger partial charge is 0.323 e. The number of nitrogens with one attached hydrogen (secondary N) is 4. The number of thioether (sulfide) groups is 1. The molecule has 1 atom stereocenters. The summed E-state index contributed by atoms with van der Waals surface area (Å²) < 4.78 is 42.5. The second kappa shape index (κ2) is 21.9. The van der Waals surface area contributed by atoms with E-state index in [1.54, 1.807) is 5.43 Å². The Bertz CT molecular complexity index is 771. The number of halogens is 6. The van der Waals surface area contributed by atoms with E-state index in [4.69, 9.17) is 51.1 Å². The quantitative estimate of drug-likeness (QED) is 0.0238. The number of unbranched alkanes of at least 4 members (excludes halogenated alkanes) is 7. The first kappa shape index (κ1) is 39.2. The molecule has 40 heavy (non-hydrogen) atoms. The van der Waals surface area contributed by atoms with Crippen LogP contribution >= 0.6 is 46.6 Å². The van der Waals surface area contributed by atoms with Gasteiger partial charge in [0.05, 0.1) is 6.61 Å². The lowest BCUT2D eigenvalue weighted by atomic mass is 10.1. The van der Waals surface area contributed by atoms with Gasteiger partial charge in [0.15, 0.2) is 0 Å². The van der Waals surface area contributed by atoms with E-state index in [0.717, 1.165) is 30.8 Å². The van der Waals surface area contributed by atoms with Crippen LogP contribution in [0, 0.1) is 0 Å². The first-order valence-electron chi connectivity index (χ1n) is 13.0. The maximum Gasteiger partial charge on any atom is 0.323 e. The summed E-state index contributed by atoms with van der Waals surface area (Å²) in [7, 11) is 0. The van der Waals surface area contributed by atoms with Crippen LogP contribution in [0.25, 0.3) is 0 Å². The summed E-state index contributed by atoms with van der Waals surface area (Å²) in [5, 5.41) is 1.02. The summed E-state index contributed by atoms with van der Waals surface area (Å²) in [6, 6.07) is 0. The molecule has 0 unspecified atom stereocenters. The third kappa shape index (κ3) is 16.0. The van der Waals surface area contributed by atoms with Gasteiger partial charge < -0.3 is 10.5 Å². The lowest BCUT2D eigenvalue weighted by Gasteiger charge is -2.40. The lowest BCUT2D eigenvalue weighted by Crippen LogP contribution is -2.72. The first-order valence-corrected chi connectivity index (χ1v) is 15.3. The van der Waals surface area contributed by atoms with Gasteiger partial charge >= 0.3 is 6.08 Å². The molecule has 0 fully saturated rings. The lowest BCUT2D eigenvalue weighted by molar-refractivity contribution is -0.200. The topological polar surface area (TPSA) is 150 Å². The predicted octanol–water partition coefficient (Wildman–Crippen LogP) is 3.90. The number of carbonyl (C=O) groups is 2. The highest BCUT2D eigenvalue weighted by Gasteiger charge is 2.46. The maximum absolute atomic E-state index is 13.7. The molecule has 0 aliphatic rings. The molecule has 0 radical (unpaired) electrons. The summed E-state index contributed by atoms with van der Waals surface area (Å²) in [6.45, 7) is 4.35. The number of nitrogens with zero attached hydrogens (tertiary/aromatic N) is 2. The van der Waals surface area contributed by atoms with Crippen molar-refractivity contribution in [1.82, 2.24) is 32.0 Å². The average Bonchev–Trinajstić information content (AvgIpc) is 2.88. The summed E-state index contributed by atoms with van der Waals surface area (Å²) in [5.41, 5.74) is 11.8. The Hall–Kier alpha value is -0.750. The molecule has 0 aromatic rings. The van der Waals surface area contributed by atoms with Crippen LogP contribution in [0.3, 0.4) is 0 Å². The number of rotatable bonds is 23. The molecule has 8 N–H and O–H groups in total. The molecule has 236 valence electrons. The summed E-state index contributed by atoms with van der Waals surface area (Å²) in [5.74, 6) is 2.68. The van der Waals surface area contributed by atoms with Gasteiger partial charge in [0, 0.05) is 19.5 Å². The highest BCUT2D eigenvalue weighted by Crippen LogP contribution is 2.26. The van der Waals surface area contributed by atoms with E-state index in [2.05, 4.69) is 12.3 Å². The summed E-state index contributed by atoms with van der Waals surface area (Å²) in [4.78, 5) is 25.7. The van der Waals surface area contributed by atoms with Crippen LogP contribution in [0.1, 0.15) is 71.6 Å². The van der Waals surface area contributed by atoms with Gasteiger partial charge in [0.2, 0.25) is 5.72 Å². The summed E-state index contributed by atoms with van der Waals surface area (Å²) >= 11 is 18.0. The zero-order valence-corrected chi connectivity index (χ0v) is 25.9. The molecule has 2 amide bonds. The largest absolute Gasteiger partial charge is 0.348 e. The van der Waals surface area contributed by atoms with Crippen molar-refractivity contribution in [3.63, 3.8) is 0 Å². The van der Waals surface area contributed by atoms with Crippen LogP contribution in [0.2, 0.25) is 0 Å². The number of alkyl halides is 3. The zero-order chi connectivity index (χ0) is 30.6. The minimum absolute atomic E-state index is 0.0121. The van der Waals surface area contributed by atoms with Crippen molar-refractivity contribution in [1.29, 1.82) is 0 Å². The van der Waals surface area contributed by atoms with Crippen LogP contribution in [0.4, 0.5) is 13.2 Å². The van der Waals surface area contributed by atoms with Crippen molar-refractivity contribution in [3.05, 3.63) is 12.0 Å². The van der Waals surface area contributed by atoms with E-state index < -0.39 is 33.4 Å². The van der Waals surface area contributed by atoms with Crippen molar-refractivity contribution in [3.8, 4) is 0 Å². The molecule has 0 rings (SSSR count). The molecule has 18 heteroatoms. The molecule has 0 saturated heterocycles. The Morgan fingerprint density at radius 2 is 1.50 bits per heavy atom. The van der Waals surface area contributed by atoms with Crippen molar-refractivity contribution in [2.45, 2.75) is 81.2 Å². The number of nitrogens with two attached hydrogens (primary N) is 2. The number of hydrogen-bond acceptors (Lipinski definition) is 10. The number of hydrazine groups is 5. The van der Waals surface area contributed by atoms with Crippen molar-refractivity contribution < 1.29 is 27.5 Å². The highest BCUT2D eigenvalue weighted by molar-refractivity contribution is 7.99. The molecule has 0 aromatic carbocycles. The second-order valence-electron chi connectivity index (χ2n) is 8.52. The van der Waals surface area contributed by atoms with E-state index in [0.29, 0.717) is 18.1 Å². The molecule has 0 aliphatic heterocycles. The maximum atomic E-state index is 13.7. The van der Waals surface area contributed by atoms with Gasteiger partial charge in [0.25, 0.3) is 21.6 Å². The van der Waals surface area contributed by atoms with E-state index in [1.165, 1.54) is 42.9 Å². The third-order valence-corrected chi connectivity index (χ3v) is 6.78. The Balaban J connectivity index is 5.73. The first-order chi connectivity index (χ1) is 18.8.